The Bertz CT molecular complexity index is 657. The van der Waals surface area contributed by atoms with Gasteiger partial charge in [-0.2, -0.15) is 0 Å². The van der Waals surface area contributed by atoms with E-state index in [1.165, 1.54) is 6.42 Å². The molecule has 1 aromatic carbocycles. The molecule has 4 heteroatoms. The van der Waals surface area contributed by atoms with Crippen molar-refractivity contribution >= 4 is 16.9 Å². The van der Waals surface area contributed by atoms with E-state index in [1.807, 2.05) is 18.2 Å². The number of carboxylic acid groups (broad SMARTS) is 1. The number of hydrogen-bond donors (Lipinski definition) is 2. The lowest BCUT2D eigenvalue weighted by molar-refractivity contribution is 0.0665. The highest BCUT2D eigenvalue weighted by Gasteiger charge is 2.12. The van der Waals surface area contributed by atoms with Crippen LogP contribution < -0.4 is 5.32 Å². The Kier molecular flexibility index (Phi) is 3.56. The molecule has 2 aromatic rings. The molecule has 1 aromatic heterocycles. The highest BCUT2D eigenvalue weighted by Crippen LogP contribution is 2.21. The van der Waals surface area contributed by atoms with Crippen molar-refractivity contribution in [3.05, 3.63) is 47.7 Å². The quantitative estimate of drug-likeness (QED) is 0.837. The van der Waals surface area contributed by atoms with E-state index in [2.05, 4.69) is 17.5 Å². The summed E-state index contributed by atoms with van der Waals surface area (Å²) < 4.78 is 5.25. The minimum Gasteiger partial charge on any atom is -0.475 e. The number of nitrogens with one attached hydrogen (secondary N) is 1. The standard InChI is InChI=1S/C16H17NO3/c18-16(19)15-9-12-8-11(6-7-14(12)20-15)10-17-13-4-2-1-3-5-13/h1-2,6-9,13,17H,3-5,10H2,(H,18,19). The molecule has 0 aliphatic heterocycles. The second kappa shape index (κ2) is 5.51. The summed E-state index contributed by atoms with van der Waals surface area (Å²) in [5.74, 6) is -1.04. The van der Waals surface area contributed by atoms with Crippen molar-refractivity contribution in [2.75, 3.05) is 0 Å². The first-order valence-corrected chi connectivity index (χ1v) is 6.86. The van der Waals surface area contributed by atoms with E-state index in [4.69, 9.17) is 9.52 Å². The molecule has 0 fully saturated rings. The van der Waals surface area contributed by atoms with Gasteiger partial charge in [0.15, 0.2) is 0 Å². The second-order valence-electron chi connectivity index (χ2n) is 5.15. The lowest BCUT2D eigenvalue weighted by atomic mass is 10.0. The molecule has 3 rings (SSSR count). The molecule has 0 radical (unpaired) electrons. The van der Waals surface area contributed by atoms with E-state index >= 15 is 0 Å². The molecular weight excluding hydrogens is 254 g/mol. The molecule has 0 spiro atoms. The molecule has 1 atom stereocenters. The lowest BCUT2D eigenvalue weighted by Gasteiger charge is -2.19. The highest BCUT2D eigenvalue weighted by molar-refractivity contribution is 5.91. The number of allylic oxidation sites excluding steroid dienone is 1. The summed E-state index contributed by atoms with van der Waals surface area (Å²) in [5, 5.41) is 13.3. The summed E-state index contributed by atoms with van der Waals surface area (Å²) in [6.45, 7) is 0.794. The Labute approximate surface area is 117 Å². The van der Waals surface area contributed by atoms with Crippen molar-refractivity contribution < 1.29 is 14.3 Å². The number of hydrogen-bond acceptors (Lipinski definition) is 3. The van der Waals surface area contributed by atoms with Crippen molar-refractivity contribution in [1.29, 1.82) is 0 Å². The van der Waals surface area contributed by atoms with Crippen molar-refractivity contribution in [1.82, 2.24) is 5.32 Å². The molecule has 1 heterocycles. The maximum Gasteiger partial charge on any atom is 0.371 e. The summed E-state index contributed by atoms with van der Waals surface area (Å²) in [4.78, 5) is 10.9. The predicted octanol–water partition coefficient (Wildman–Crippen LogP) is 3.33. The summed E-state index contributed by atoms with van der Waals surface area (Å²) in [7, 11) is 0. The van der Waals surface area contributed by atoms with Crippen LogP contribution in [-0.4, -0.2) is 17.1 Å². The zero-order chi connectivity index (χ0) is 13.9. The number of carbonyl (C=O) groups is 1. The van der Waals surface area contributed by atoms with Gasteiger partial charge >= 0.3 is 5.97 Å². The molecule has 1 aliphatic carbocycles. The van der Waals surface area contributed by atoms with Crippen molar-refractivity contribution in [2.24, 2.45) is 0 Å². The van der Waals surface area contributed by atoms with Gasteiger partial charge < -0.3 is 14.8 Å². The van der Waals surface area contributed by atoms with Gasteiger partial charge in [0.2, 0.25) is 5.76 Å². The molecule has 1 unspecified atom stereocenters. The van der Waals surface area contributed by atoms with Crippen LogP contribution in [0.25, 0.3) is 11.0 Å². The van der Waals surface area contributed by atoms with Crippen LogP contribution in [0, 0.1) is 0 Å². The first-order chi connectivity index (χ1) is 9.72. The maximum atomic E-state index is 10.9. The minimum absolute atomic E-state index is 0.0115. The van der Waals surface area contributed by atoms with Crippen molar-refractivity contribution in [3.8, 4) is 0 Å². The Hall–Kier alpha value is -2.07. The van der Waals surface area contributed by atoms with Gasteiger partial charge in [0.25, 0.3) is 0 Å². The molecule has 0 saturated heterocycles. The largest absolute Gasteiger partial charge is 0.475 e. The fourth-order valence-electron chi connectivity index (χ4n) is 2.55. The minimum atomic E-state index is -1.03. The maximum absolute atomic E-state index is 10.9. The van der Waals surface area contributed by atoms with Crippen molar-refractivity contribution in [3.63, 3.8) is 0 Å². The first-order valence-electron chi connectivity index (χ1n) is 6.86. The van der Waals surface area contributed by atoms with Gasteiger partial charge in [-0.15, -0.1) is 0 Å². The molecule has 0 amide bonds. The van der Waals surface area contributed by atoms with E-state index in [0.29, 0.717) is 11.6 Å². The second-order valence-corrected chi connectivity index (χ2v) is 5.15. The topological polar surface area (TPSA) is 62.5 Å². The van der Waals surface area contributed by atoms with Crippen LogP contribution >= 0.6 is 0 Å². The predicted molar refractivity (Wildman–Crippen MR) is 76.8 cm³/mol. The van der Waals surface area contributed by atoms with E-state index in [9.17, 15) is 4.79 Å². The molecule has 4 nitrogen and oxygen atoms in total. The Morgan fingerprint density at radius 2 is 2.25 bits per heavy atom. The summed E-state index contributed by atoms with van der Waals surface area (Å²) in [6, 6.07) is 7.90. The van der Waals surface area contributed by atoms with Crippen LogP contribution in [0.5, 0.6) is 0 Å². The average molecular weight is 271 g/mol. The van der Waals surface area contributed by atoms with E-state index < -0.39 is 5.97 Å². The third-order valence-electron chi connectivity index (χ3n) is 3.66. The SMILES string of the molecule is O=C(O)c1cc2cc(CNC3CC=CCC3)ccc2o1. The zero-order valence-corrected chi connectivity index (χ0v) is 11.1. The van der Waals surface area contributed by atoms with Gasteiger partial charge in [0.05, 0.1) is 0 Å². The Morgan fingerprint density at radius 1 is 1.35 bits per heavy atom. The molecule has 104 valence electrons. The van der Waals surface area contributed by atoms with Crippen LogP contribution in [0.2, 0.25) is 0 Å². The Morgan fingerprint density at radius 3 is 3.00 bits per heavy atom. The van der Waals surface area contributed by atoms with Gasteiger partial charge in [0, 0.05) is 18.0 Å². The van der Waals surface area contributed by atoms with Crippen LogP contribution in [-0.2, 0) is 6.54 Å². The first kappa shape index (κ1) is 12.9. The fourth-order valence-corrected chi connectivity index (χ4v) is 2.55. The normalized spacial score (nSPS) is 18.5. The zero-order valence-electron chi connectivity index (χ0n) is 11.1. The summed E-state index contributed by atoms with van der Waals surface area (Å²) in [6.07, 6.45) is 7.84. The van der Waals surface area contributed by atoms with Gasteiger partial charge in [0.1, 0.15) is 5.58 Å². The molecule has 0 bridgehead atoms. The smallest absolute Gasteiger partial charge is 0.371 e. The van der Waals surface area contributed by atoms with E-state index in [0.717, 1.165) is 30.3 Å². The molecule has 20 heavy (non-hydrogen) atoms. The fraction of sp³-hybridized carbons (Fsp3) is 0.312. The molecule has 1 aliphatic rings. The number of benzene rings is 1. The van der Waals surface area contributed by atoms with Gasteiger partial charge in [-0.05, 0) is 43.0 Å². The third-order valence-corrected chi connectivity index (χ3v) is 3.66. The van der Waals surface area contributed by atoms with Gasteiger partial charge in [-0.1, -0.05) is 18.2 Å². The van der Waals surface area contributed by atoms with Crippen molar-refractivity contribution in [2.45, 2.75) is 31.8 Å². The number of furan rings is 1. The number of rotatable bonds is 4. The molecular formula is C16H17NO3. The molecule has 2 N–H and O–H groups in total. The lowest BCUT2D eigenvalue weighted by Crippen LogP contribution is -2.29. The number of carboxylic acids is 1. The summed E-state index contributed by atoms with van der Waals surface area (Å²) in [5.41, 5.74) is 1.76. The van der Waals surface area contributed by atoms with Crippen LogP contribution in [0.3, 0.4) is 0 Å². The van der Waals surface area contributed by atoms with E-state index in [1.54, 1.807) is 6.07 Å². The highest BCUT2D eigenvalue weighted by atomic mass is 16.4. The third kappa shape index (κ3) is 2.75. The van der Waals surface area contributed by atoms with E-state index in [-0.39, 0.29) is 5.76 Å². The molecule has 0 saturated carbocycles. The van der Waals surface area contributed by atoms with Crippen LogP contribution in [0.15, 0.2) is 40.8 Å². The van der Waals surface area contributed by atoms with Crippen LogP contribution in [0.4, 0.5) is 0 Å². The number of fused-ring (bicyclic) bond motifs is 1. The average Bonchev–Trinajstić information content (AvgIpc) is 2.89. The Balaban J connectivity index is 1.71. The van der Waals surface area contributed by atoms with Gasteiger partial charge in [-0.3, -0.25) is 0 Å². The number of aromatic carboxylic acids is 1. The monoisotopic (exact) mass is 271 g/mol. The summed E-state index contributed by atoms with van der Waals surface area (Å²) >= 11 is 0. The van der Waals surface area contributed by atoms with Crippen LogP contribution in [0.1, 0.15) is 35.4 Å². The van der Waals surface area contributed by atoms with Gasteiger partial charge in [-0.25, -0.2) is 4.79 Å².